The van der Waals surface area contributed by atoms with Crippen LogP contribution >= 0.6 is 0 Å². The number of nitriles is 1. The largest absolute Gasteiger partial charge is 0.388 e. The molecule has 0 aromatic heterocycles. The second-order valence-corrected chi connectivity index (χ2v) is 4.29. The fourth-order valence-corrected chi connectivity index (χ4v) is 0.977. The molecule has 0 atom stereocenters. The van der Waals surface area contributed by atoms with E-state index in [0.717, 1.165) is 0 Å². The summed E-state index contributed by atoms with van der Waals surface area (Å²) >= 11 is 0. The lowest BCUT2D eigenvalue weighted by Crippen LogP contribution is -1.79. The van der Waals surface area contributed by atoms with Crippen LogP contribution in [0, 0.1) is 11.3 Å². The van der Waals surface area contributed by atoms with E-state index in [1.165, 1.54) is 16.7 Å². The van der Waals surface area contributed by atoms with E-state index in [1.54, 1.807) is 21.1 Å². The first kappa shape index (κ1) is 29.2. The zero-order valence-electron chi connectivity index (χ0n) is 16.9. The van der Waals surface area contributed by atoms with Gasteiger partial charge >= 0.3 is 0 Å². The van der Waals surface area contributed by atoms with Crippen molar-refractivity contribution in [3.05, 3.63) is 53.6 Å². The highest BCUT2D eigenvalue weighted by Gasteiger charge is 1.93. The van der Waals surface area contributed by atoms with Gasteiger partial charge in [-0.15, -0.1) is 0 Å². The minimum Gasteiger partial charge on any atom is -0.388 e. The summed E-state index contributed by atoms with van der Waals surface area (Å²) in [6, 6.07) is 12.3. The third-order valence-corrected chi connectivity index (χ3v) is 2.15. The Morgan fingerprint density at radius 1 is 0.913 bits per heavy atom. The Bertz CT molecular complexity index is 421. The molecule has 1 aromatic carbocycles. The summed E-state index contributed by atoms with van der Waals surface area (Å²) in [6.45, 7) is 19.4. The van der Waals surface area contributed by atoms with Gasteiger partial charge in [0.05, 0.1) is 6.07 Å². The lowest BCUT2D eigenvalue weighted by atomic mass is 10.0. The van der Waals surface area contributed by atoms with Crippen LogP contribution in [0.25, 0.3) is 5.57 Å². The van der Waals surface area contributed by atoms with Gasteiger partial charge in [-0.3, -0.25) is 0 Å². The predicted octanol–water partition coefficient (Wildman–Crippen LogP) is 6.90. The molecular formula is C21H37NO. The predicted molar refractivity (Wildman–Crippen MR) is 106 cm³/mol. The van der Waals surface area contributed by atoms with Gasteiger partial charge in [-0.25, -0.2) is 0 Å². The first-order valence-corrected chi connectivity index (χ1v) is 8.05. The maximum absolute atomic E-state index is 7.79. The minimum absolute atomic E-state index is 0.560. The van der Waals surface area contributed by atoms with Crippen LogP contribution < -0.4 is 0 Å². The summed E-state index contributed by atoms with van der Waals surface area (Å²) in [5.74, 6) is 0. The molecule has 0 saturated heterocycles. The Kier molecular flexibility index (Phi) is 31.9. The van der Waals surface area contributed by atoms with Crippen LogP contribution in [0.3, 0.4) is 0 Å². The number of methoxy groups -OCH3 is 1. The van der Waals surface area contributed by atoms with Crippen molar-refractivity contribution < 1.29 is 4.74 Å². The molecule has 1 rings (SSSR count). The second-order valence-electron chi connectivity index (χ2n) is 4.29. The number of benzene rings is 1. The Labute approximate surface area is 145 Å². The van der Waals surface area contributed by atoms with E-state index in [0.29, 0.717) is 5.57 Å². The van der Waals surface area contributed by atoms with Gasteiger partial charge in [0.1, 0.15) is 0 Å². The first-order valence-electron chi connectivity index (χ1n) is 8.05. The zero-order valence-corrected chi connectivity index (χ0v) is 16.9. The SMILES string of the molecule is C=C(C)C#N.CC.CC.CC(C)=C(C)c1ccccc1.COC. The molecule has 0 N–H and O–H groups in total. The van der Waals surface area contributed by atoms with Gasteiger partial charge in [0.2, 0.25) is 0 Å². The van der Waals surface area contributed by atoms with Crippen molar-refractivity contribution in [1.29, 1.82) is 5.26 Å². The lowest BCUT2D eigenvalue weighted by Gasteiger charge is -2.02. The van der Waals surface area contributed by atoms with Gasteiger partial charge in [-0.2, -0.15) is 5.26 Å². The van der Waals surface area contributed by atoms with Crippen molar-refractivity contribution >= 4 is 5.57 Å². The molecule has 0 unspecified atom stereocenters. The average molecular weight is 320 g/mol. The third-order valence-electron chi connectivity index (χ3n) is 2.15. The van der Waals surface area contributed by atoms with E-state index in [2.05, 4.69) is 56.4 Å². The molecule has 0 bridgehead atoms. The number of nitrogens with zero attached hydrogens (tertiary/aromatic N) is 1. The van der Waals surface area contributed by atoms with E-state index in [-0.39, 0.29) is 0 Å². The third kappa shape index (κ3) is 25.4. The Morgan fingerprint density at radius 2 is 1.22 bits per heavy atom. The van der Waals surface area contributed by atoms with Crippen molar-refractivity contribution in [3.63, 3.8) is 0 Å². The quantitative estimate of drug-likeness (QED) is 0.527. The summed E-state index contributed by atoms with van der Waals surface area (Å²) in [6.07, 6.45) is 0. The molecule has 0 heterocycles. The Hall–Kier alpha value is -1.85. The van der Waals surface area contributed by atoms with E-state index >= 15 is 0 Å². The van der Waals surface area contributed by atoms with E-state index in [1.807, 2.05) is 39.8 Å². The molecule has 2 nitrogen and oxygen atoms in total. The highest BCUT2D eigenvalue weighted by atomic mass is 16.4. The van der Waals surface area contributed by atoms with Crippen LogP contribution in [0.15, 0.2) is 48.1 Å². The standard InChI is InChI=1S/C11H14.C4H5N.C2H6O.2C2H6/c1-9(2)10(3)11-7-5-4-6-8-11;1-4(2)3-5;1-3-2;2*1-2/h4-8H,1-3H3;1H2,2H3;1-2H3;2*1-2H3. The topological polar surface area (TPSA) is 33.0 Å². The van der Waals surface area contributed by atoms with E-state index in [9.17, 15) is 0 Å². The van der Waals surface area contributed by atoms with Crippen molar-refractivity contribution in [1.82, 2.24) is 0 Å². The molecule has 0 aliphatic rings. The van der Waals surface area contributed by atoms with Crippen molar-refractivity contribution in [2.75, 3.05) is 14.2 Å². The summed E-state index contributed by atoms with van der Waals surface area (Å²) in [5.41, 5.74) is 4.65. The van der Waals surface area contributed by atoms with Crippen LogP contribution in [-0.4, -0.2) is 14.2 Å². The second kappa shape index (κ2) is 25.1. The van der Waals surface area contributed by atoms with Crippen LogP contribution in [0.4, 0.5) is 0 Å². The molecule has 0 spiro atoms. The monoisotopic (exact) mass is 319 g/mol. The first-order chi connectivity index (χ1) is 10.9. The number of ether oxygens (including phenoxy) is 1. The molecule has 0 aliphatic heterocycles. The molecule has 0 aliphatic carbocycles. The molecule has 132 valence electrons. The number of allylic oxidation sites excluding steroid dienone is 3. The van der Waals surface area contributed by atoms with Crippen LogP contribution in [0.2, 0.25) is 0 Å². The van der Waals surface area contributed by atoms with Crippen molar-refractivity contribution in [2.45, 2.75) is 55.4 Å². The van der Waals surface area contributed by atoms with Gasteiger partial charge in [0.15, 0.2) is 0 Å². The summed E-state index contributed by atoms with van der Waals surface area (Å²) in [4.78, 5) is 0. The van der Waals surface area contributed by atoms with E-state index in [4.69, 9.17) is 5.26 Å². The molecule has 2 heteroatoms. The number of rotatable bonds is 1. The van der Waals surface area contributed by atoms with Crippen LogP contribution in [0.5, 0.6) is 0 Å². The fraction of sp³-hybridized carbons (Fsp3) is 0.476. The smallest absolute Gasteiger partial charge is 0.0937 e. The lowest BCUT2D eigenvalue weighted by molar-refractivity contribution is 0.277. The molecule has 0 saturated carbocycles. The highest BCUT2D eigenvalue weighted by molar-refractivity contribution is 5.65. The van der Waals surface area contributed by atoms with Gasteiger partial charge in [0, 0.05) is 19.8 Å². The van der Waals surface area contributed by atoms with Crippen molar-refractivity contribution in [3.8, 4) is 6.07 Å². The fourth-order valence-electron chi connectivity index (χ4n) is 0.977. The normalized spacial score (nSPS) is 7.00. The molecule has 1 aromatic rings. The van der Waals surface area contributed by atoms with Gasteiger partial charge < -0.3 is 4.74 Å². The molecule has 0 radical (unpaired) electrons. The van der Waals surface area contributed by atoms with Crippen molar-refractivity contribution in [2.24, 2.45) is 0 Å². The summed E-state index contributed by atoms with van der Waals surface area (Å²) in [7, 11) is 3.25. The molecule has 0 amide bonds. The minimum atomic E-state index is 0.560. The zero-order chi connectivity index (χ0) is 19.3. The van der Waals surface area contributed by atoms with Gasteiger partial charge in [-0.05, 0) is 38.8 Å². The van der Waals surface area contributed by atoms with Crippen LogP contribution in [-0.2, 0) is 4.74 Å². The van der Waals surface area contributed by atoms with Crippen LogP contribution in [0.1, 0.15) is 61.0 Å². The Balaban J connectivity index is -0.000000127. The Morgan fingerprint density at radius 3 is 1.43 bits per heavy atom. The maximum Gasteiger partial charge on any atom is 0.0937 e. The summed E-state index contributed by atoms with van der Waals surface area (Å²) < 4.78 is 4.25. The van der Waals surface area contributed by atoms with Gasteiger partial charge in [0.25, 0.3) is 0 Å². The van der Waals surface area contributed by atoms with E-state index < -0.39 is 0 Å². The number of hydrogen-bond donors (Lipinski definition) is 0. The highest BCUT2D eigenvalue weighted by Crippen LogP contribution is 2.16. The molecular weight excluding hydrogens is 282 g/mol. The average Bonchev–Trinajstić information content (AvgIpc) is 2.59. The summed E-state index contributed by atoms with van der Waals surface area (Å²) in [5, 5.41) is 7.79. The maximum atomic E-state index is 7.79. The molecule has 23 heavy (non-hydrogen) atoms. The number of hydrogen-bond acceptors (Lipinski definition) is 2. The molecule has 0 fully saturated rings. The van der Waals surface area contributed by atoms with Gasteiger partial charge in [-0.1, -0.05) is 70.2 Å².